The second-order valence-electron chi connectivity index (χ2n) is 7.03. The summed E-state index contributed by atoms with van der Waals surface area (Å²) in [6, 6.07) is 0. The van der Waals surface area contributed by atoms with Gasteiger partial charge < -0.3 is 21.9 Å². The molecule has 0 fully saturated rings. The molecule has 2 amide bonds. The average molecular weight is 483 g/mol. The molecule has 130 valence electrons. The van der Waals surface area contributed by atoms with Crippen LogP contribution in [0, 0.1) is 6.92 Å². The van der Waals surface area contributed by atoms with Gasteiger partial charge in [-0.3, -0.25) is 9.59 Å². The minimum Gasteiger partial charge on any atom is -0.412 e. The second-order valence-corrected chi connectivity index (χ2v) is 7.03. The van der Waals surface area contributed by atoms with Crippen LogP contribution in [0.1, 0.15) is 54.4 Å². The molecule has 0 atom stereocenters. The number of rotatable bonds is 7. The molecule has 22 heavy (non-hydrogen) atoms. The molecule has 0 aromatic heterocycles. The van der Waals surface area contributed by atoms with Crippen molar-refractivity contribution < 1.29 is 35.4 Å². The number of nitrogens with zero attached hydrogens (tertiary/aromatic N) is 1. The van der Waals surface area contributed by atoms with E-state index in [1.165, 1.54) is 0 Å². The molecule has 0 aromatic rings. The summed E-state index contributed by atoms with van der Waals surface area (Å²) in [7, 11) is 0. The third-order valence-electron chi connectivity index (χ3n) is 2.87. The van der Waals surface area contributed by atoms with Gasteiger partial charge in [-0.05, 0) is 41.5 Å². The molecule has 0 aliphatic heterocycles. The van der Waals surface area contributed by atoms with Crippen LogP contribution in [0.25, 0.3) is 0 Å². The second kappa shape index (κ2) is 10.4. The van der Waals surface area contributed by atoms with Crippen LogP contribution in [-0.2, 0) is 35.4 Å². The van der Waals surface area contributed by atoms with E-state index < -0.39 is 0 Å². The number of hydrogen-bond acceptors (Lipinski definition) is 3. The van der Waals surface area contributed by atoms with Crippen molar-refractivity contribution in [1.29, 1.82) is 0 Å². The fraction of sp³-hybridized carbons (Fsp3) is 0.812. The topological polar surface area (TPSA) is 58.6 Å². The van der Waals surface area contributed by atoms with Gasteiger partial charge in [0, 0.05) is 51.5 Å². The summed E-state index contributed by atoms with van der Waals surface area (Å²) >= 11 is 0. The van der Waals surface area contributed by atoms with Gasteiger partial charge in [-0.25, -0.2) is 0 Å². The fourth-order valence-corrected chi connectivity index (χ4v) is 2.54. The van der Waals surface area contributed by atoms with Crippen molar-refractivity contribution in [3.63, 3.8) is 0 Å². The van der Waals surface area contributed by atoms with Crippen LogP contribution in [-0.4, -0.2) is 47.6 Å². The number of amides is 2. The molecule has 0 unspecified atom stereocenters. The summed E-state index contributed by atoms with van der Waals surface area (Å²) in [5, 5.41) is 2.73. The van der Waals surface area contributed by atoms with Gasteiger partial charge in [-0.15, -0.1) is 0 Å². The smallest absolute Gasteiger partial charge is 0.223 e. The van der Waals surface area contributed by atoms with E-state index in [2.05, 4.69) is 12.2 Å². The molecule has 0 saturated heterocycles. The summed E-state index contributed by atoms with van der Waals surface area (Å²) < 4.78 is 5.04. The third-order valence-corrected chi connectivity index (χ3v) is 2.87. The van der Waals surface area contributed by atoms with Crippen molar-refractivity contribution >= 4 is 11.8 Å². The summed E-state index contributed by atoms with van der Waals surface area (Å²) in [5.41, 5.74) is -0.540. The van der Waals surface area contributed by atoms with Crippen LogP contribution in [0.4, 0.5) is 0 Å². The fourth-order valence-electron chi connectivity index (χ4n) is 2.54. The van der Waals surface area contributed by atoms with Crippen molar-refractivity contribution in [3.05, 3.63) is 6.92 Å². The molecule has 0 spiro atoms. The van der Waals surface area contributed by atoms with Crippen molar-refractivity contribution in [2.45, 2.75) is 65.5 Å². The first-order chi connectivity index (χ1) is 9.50. The molecule has 0 saturated carbocycles. The maximum atomic E-state index is 12.4. The molecular weight excluding hydrogens is 452 g/mol. The molecule has 0 aliphatic rings. The zero-order valence-electron chi connectivity index (χ0n) is 14.8. The molecule has 1 N–H and O–H groups in total. The van der Waals surface area contributed by atoms with Gasteiger partial charge in [0.25, 0.3) is 0 Å². The quantitative estimate of drug-likeness (QED) is 0.446. The Kier molecular flexibility index (Phi) is 11.3. The van der Waals surface area contributed by atoms with Gasteiger partial charge in [0.1, 0.15) is 0 Å². The maximum absolute atomic E-state index is 12.4. The molecule has 0 aromatic carbocycles. The Hall–Kier alpha value is -0.412. The summed E-state index contributed by atoms with van der Waals surface area (Å²) in [5.74, 6) is -0.127. The van der Waals surface area contributed by atoms with Gasteiger partial charge >= 0.3 is 0 Å². The Morgan fingerprint density at radius 3 is 1.95 bits per heavy atom. The van der Waals surface area contributed by atoms with Crippen molar-refractivity contribution in [2.24, 2.45) is 0 Å². The average Bonchev–Trinajstić information content (AvgIpc) is 2.28. The van der Waals surface area contributed by atoms with Crippen molar-refractivity contribution in [1.82, 2.24) is 10.2 Å². The van der Waals surface area contributed by atoms with Crippen LogP contribution in [0.15, 0.2) is 0 Å². The maximum Gasteiger partial charge on any atom is 0.223 e. The summed E-state index contributed by atoms with van der Waals surface area (Å²) in [6.07, 6.45) is 0.419. The Morgan fingerprint density at radius 1 is 1.05 bits per heavy atom. The van der Waals surface area contributed by atoms with E-state index in [0.29, 0.717) is 19.8 Å². The molecule has 6 heteroatoms. The van der Waals surface area contributed by atoms with Gasteiger partial charge in [0.15, 0.2) is 0 Å². The Morgan fingerprint density at radius 2 is 1.55 bits per heavy atom. The van der Waals surface area contributed by atoms with Gasteiger partial charge in [0.05, 0.1) is 6.61 Å². The number of nitrogens with one attached hydrogen (secondary N) is 1. The van der Waals surface area contributed by atoms with Gasteiger partial charge in [0.2, 0.25) is 11.8 Å². The summed E-state index contributed by atoms with van der Waals surface area (Å²) in [6.45, 7) is 16.9. The molecule has 0 bridgehead atoms. The Bertz CT molecular complexity index is 332. The van der Waals surface area contributed by atoms with E-state index >= 15 is 0 Å². The van der Waals surface area contributed by atoms with Crippen LogP contribution in [0.3, 0.4) is 0 Å². The minimum absolute atomic E-state index is 0. The number of carbonyl (C=O) groups is 2. The minimum atomic E-state index is -0.270. The Labute approximate surface area is 149 Å². The normalized spacial score (nSPS) is 11.6. The van der Waals surface area contributed by atoms with E-state index in [1.54, 1.807) is 0 Å². The molecule has 5 nitrogen and oxygen atoms in total. The molecule has 0 radical (unpaired) electrons. The predicted molar refractivity (Wildman–Crippen MR) is 84.8 cm³/mol. The molecule has 0 rings (SSSR count). The molecule has 0 aliphatic carbocycles. The number of ether oxygens (including phenoxy) is 1. The number of hydrogen-bond donors (Lipinski definition) is 1. The zero-order chi connectivity index (χ0) is 16.7. The van der Waals surface area contributed by atoms with E-state index in [9.17, 15) is 9.59 Å². The first kappa shape index (κ1) is 23.8. The standard InChI is InChI=1S/C16H31N2O3.W/c1-8-21-12-11-17-13(19)9-10-14(20)18(15(2,3)4)16(5,6)7;/h1,8-12H2,2-7H3,(H,17,19);/q-1;. The summed E-state index contributed by atoms with van der Waals surface area (Å²) in [4.78, 5) is 26.0. The Balaban J connectivity index is 0. The van der Waals surface area contributed by atoms with Crippen LogP contribution < -0.4 is 5.32 Å². The molecular formula is C16H31N2O3W-. The first-order valence-electron chi connectivity index (χ1n) is 7.47. The SMILES string of the molecule is [CH2-]COCCNC(=O)CCC(=O)N(C(C)(C)C)C(C)(C)C.[W]. The largest absolute Gasteiger partial charge is 0.412 e. The monoisotopic (exact) mass is 483 g/mol. The van der Waals surface area contributed by atoms with E-state index in [1.807, 2.05) is 46.4 Å². The van der Waals surface area contributed by atoms with E-state index in [0.717, 1.165) is 0 Å². The predicted octanol–water partition coefficient (Wildman–Crippen LogP) is 2.16. The van der Waals surface area contributed by atoms with Crippen LogP contribution >= 0.6 is 0 Å². The third kappa shape index (κ3) is 9.57. The van der Waals surface area contributed by atoms with E-state index in [-0.39, 0.29) is 56.8 Å². The zero-order valence-corrected chi connectivity index (χ0v) is 17.8. The van der Waals surface area contributed by atoms with Crippen LogP contribution in [0.5, 0.6) is 0 Å². The van der Waals surface area contributed by atoms with E-state index in [4.69, 9.17) is 4.74 Å². The first-order valence-corrected chi connectivity index (χ1v) is 7.47. The molecule has 0 heterocycles. The van der Waals surface area contributed by atoms with Crippen molar-refractivity contribution in [2.75, 3.05) is 19.8 Å². The van der Waals surface area contributed by atoms with Gasteiger partial charge in [-0.2, -0.15) is 0 Å². The van der Waals surface area contributed by atoms with Crippen LogP contribution in [0.2, 0.25) is 0 Å². The van der Waals surface area contributed by atoms with Gasteiger partial charge in [-0.1, -0.05) is 6.61 Å². The van der Waals surface area contributed by atoms with Crippen molar-refractivity contribution in [3.8, 4) is 0 Å². The number of carbonyl (C=O) groups excluding carboxylic acids is 2.